The van der Waals surface area contributed by atoms with Crippen LogP contribution in [-0.4, -0.2) is 14.5 Å². The Hall–Kier alpha value is -1.98. The minimum absolute atomic E-state index is 0.915. The Morgan fingerprint density at radius 1 is 1.10 bits per heavy atom. The van der Waals surface area contributed by atoms with E-state index in [1.54, 1.807) is 22.7 Å². The maximum absolute atomic E-state index is 4.76. The maximum atomic E-state index is 4.76. The summed E-state index contributed by atoms with van der Waals surface area (Å²) >= 11 is 3.46. The summed E-state index contributed by atoms with van der Waals surface area (Å²) in [5.74, 6) is 0.968. The third-order valence-electron chi connectivity index (χ3n) is 3.10. The van der Waals surface area contributed by atoms with Gasteiger partial charge in [-0.2, -0.15) is 0 Å². The molecule has 0 aliphatic heterocycles. The van der Waals surface area contributed by atoms with Gasteiger partial charge in [-0.15, -0.1) is 22.7 Å². The highest BCUT2D eigenvalue weighted by atomic mass is 32.1. The van der Waals surface area contributed by atoms with Gasteiger partial charge in [-0.3, -0.25) is 4.57 Å². The van der Waals surface area contributed by atoms with Crippen LogP contribution >= 0.6 is 22.7 Å². The van der Waals surface area contributed by atoms with Crippen LogP contribution in [-0.2, 0) is 0 Å². The Balaban J connectivity index is 2.08. The molecule has 4 aromatic heterocycles. The zero-order valence-corrected chi connectivity index (χ0v) is 12.4. The summed E-state index contributed by atoms with van der Waals surface area (Å²) in [7, 11) is 0. The maximum Gasteiger partial charge on any atom is 0.165 e. The van der Waals surface area contributed by atoms with Crippen LogP contribution in [0.5, 0.6) is 0 Å². The number of hydrogen-bond donors (Lipinski definition) is 0. The van der Waals surface area contributed by atoms with E-state index >= 15 is 0 Å². The van der Waals surface area contributed by atoms with Gasteiger partial charge in [0.2, 0.25) is 0 Å². The number of pyridine rings is 1. The molecule has 0 saturated heterocycles. The van der Waals surface area contributed by atoms with Crippen molar-refractivity contribution in [3.8, 4) is 15.7 Å². The first-order chi connectivity index (χ1) is 9.83. The molecule has 3 nitrogen and oxygen atoms in total. The molecule has 0 atom stereocenters. The van der Waals surface area contributed by atoms with Crippen molar-refractivity contribution in [2.24, 2.45) is 0 Å². The fourth-order valence-corrected chi connectivity index (χ4v) is 3.80. The van der Waals surface area contributed by atoms with Gasteiger partial charge in [0.1, 0.15) is 10.5 Å². The highest BCUT2D eigenvalue weighted by molar-refractivity contribution is 7.14. The normalized spacial score (nSPS) is 11.2. The van der Waals surface area contributed by atoms with Crippen molar-refractivity contribution < 1.29 is 0 Å². The molecule has 0 saturated carbocycles. The molecule has 0 aliphatic carbocycles. The van der Waals surface area contributed by atoms with Crippen LogP contribution < -0.4 is 0 Å². The molecule has 0 aromatic carbocycles. The Kier molecular flexibility index (Phi) is 2.68. The van der Waals surface area contributed by atoms with E-state index in [9.17, 15) is 0 Å². The minimum Gasteiger partial charge on any atom is -0.267 e. The second-order valence-electron chi connectivity index (χ2n) is 4.48. The Morgan fingerprint density at radius 2 is 2.05 bits per heavy atom. The monoisotopic (exact) mass is 297 g/mol. The smallest absolute Gasteiger partial charge is 0.165 e. The van der Waals surface area contributed by atoms with Crippen LogP contribution in [0, 0.1) is 6.92 Å². The lowest BCUT2D eigenvalue weighted by atomic mass is 10.4. The summed E-state index contributed by atoms with van der Waals surface area (Å²) in [6, 6.07) is 12.4. The van der Waals surface area contributed by atoms with Crippen LogP contribution in [0.4, 0.5) is 0 Å². The summed E-state index contributed by atoms with van der Waals surface area (Å²) in [5, 5.41) is 3.23. The first-order valence-electron chi connectivity index (χ1n) is 6.27. The fourth-order valence-electron chi connectivity index (χ4n) is 2.23. The second kappa shape index (κ2) is 4.54. The van der Waals surface area contributed by atoms with Crippen molar-refractivity contribution in [2.75, 3.05) is 0 Å². The van der Waals surface area contributed by atoms with E-state index in [2.05, 4.69) is 46.1 Å². The predicted molar refractivity (Wildman–Crippen MR) is 84.8 cm³/mol. The van der Waals surface area contributed by atoms with Gasteiger partial charge < -0.3 is 0 Å². The number of rotatable bonds is 2. The lowest BCUT2D eigenvalue weighted by Gasteiger charge is -2.04. The average Bonchev–Trinajstić information content (AvgIpc) is 3.16. The number of fused-ring (bicyclic) bond motifs is 1. The zero-order chi connectivity index (χ0) is 13.5. The Morgan fingerprint density at radius 3 is 2.80 bits per heavy atom. The molecule has 5 heteroatoms. The SMILES string of the molecule is Cc1ccc(-n2c(-c3cccs3)nc3cccnc32)s1. The molecule has 4 rings (SSSR count). The molecule has 0 amide bonds. The molecule has 98 valence electrons. The standard InChI is InChI=1S/C15H11N3S2/c1-10-6-7-13(20-10)18-14-11(4-2-8-16-14)17-15(18)12-5-3-9-19-12/h2-9H,1H3. The third kappa shape index (κ3) is 1.78. The van der Waals surface area contributed by atoms with Gasteiger partial charge in [-0.05, 0) is 42.6 Å². The molecule has 4 aromatic rings. The topological polar surface area (TPSA) is 30.7 Å². The predicted octanol–water partition coefficient (Wildman–Crippen LogP) is 4.52. The van der Waals surface area contributed by atoms with Crippen LogP contribution in [0.1, 0.15) is 4.88 Å². The van der Waals surface area contributed by atoms with Gasteiger partial charge in [0.15, 0.2) is 11.5 Å². The van der Waals surface area contributed by atoms with Crippen LogP contribution in [0.3, 0.4) is 0 Å². The van der Waals surface area contributed by atoms with Gasteiger partial charge in [-0.1, -0.05) is 6.07 Å². The summed E-state index contributed by atoms with van der Waals surface area (Å²) in [4.78, 5) is 11.7. The van der Waals surface area contributed by atoms with Crippen LogP contribution in [0.25, 0.3) is 26.9 Å². The molecule has 0 bridgehead atoms. The average molecular weight is 297 g/mol. The van der Waals surface area contributed by atoms with E-state index in [4.69, 9.17) is 4.98 Å². The number of hydrogen-bond acceptors (Lipinski definition) is 4. The van der Waals surface area contributed by atoms with Gasteiger partial charge in [0.25, 0.3) is 0 Å². The van der Waals surface area contributed by atoms with Crippen LogP contribution in [0.2, 0.25) is 0 Å². The zero-order valence-electron chi connectivity index (χ0n) is 10.8. The fraction of sp³-hybridized carbons (Fsp3) is 0.0667. The van der Waals surface area contributed by atoms with Crippen molar-refractivity contribution in [3.05, 3.63) is 52.9 Å². The van der Waals surface area contributed by atoms with Crippen molar-refractivity contribution >= 4 is 33.8 Å². The number of aromatic nitrogens is 3. The van der Waals surface area contributed by atoms with Gasteiger partial charge in [0, 0.05) is 11.1 Å². The molecule has 0 aliphatic rings. The Bertz CT molecular complexity index is 872. The minimum atomic E-state index is 0.915. The molecule has 4 heterocycles. The van der Waals surface area contributed by atoms with Crippen molar-refractivity contribution in [2.45, 2.75) is 6.92 Å². The molecule has 0 radical (unpaired) electrons. The lowest BCUT2D eigenvalue weighted by Crippen LogP contribution is -1.94. The summed E-state index contributed by atoms with van der Waals surface area (Å²) in [5.41, 5.74) is 1.85. The van der Waals surface area contributed by atoms with Gasteiger partial charge in [-0.25, -0.2) is 9.97 Å². The first-order valence-corrected chi connectivity index (χ1v) is 7.97. The molecular weight excluding hydrogens is 286 g/mol. The van der Waals surface area contributed by atoms with E-state index in [0.717, 1.165) is 26.9 Å². The number of nitrogens with zero attached hydrogens (tertiary/aromatic N) is 3. The molecule has 0 spiro atoms. The highest BCUT2D eigenvalue weighted by Crippen LogP contribution is 2.32. The van der Waals surface area contributed by atoms with Crippen molar-refractivity contribution in [3.63, 3.8) is 0 Å². The number of thiophene rings is 2. The highest BCUT2D eigenvalue weighted by Gasteiger charge is 2.16. The number of aryl methyl sites for hydroxylation is 1. The molecule has 0 unspecified atom stereocenters. The van der Waals surface area contributed by atoms with E-state index in [0.29, 0.717) is 0 Å². The third-order valence-corrected chi connectivity index (χ3v) is 4.96. The second-order valence-corrected chi connectivity index (χ2v) is 6.69. The van der Waals surface area contributed by atoms with Crippen molar-refractivity contribution in [1.29, 1.82) is 0 Å². The van der Waals surface area contributed by atoms with Crippen molar-refractivity contribution in [1.82, 2.24) is 14.5 Å². The largest absolute Gasteiger partial charge is 0.267 e. The van der Waals surface area contributed by atoms with Gasteiger partial charge in [0.05, 0.1) is 4.88 Å². The summed E-state index contributed by atoms with van der Waals surface area (Å²) < 4.78 is 2.15. The summed E-state index contributed by atoms with van der Waals surface area (Å²) in [6.07, 6.45) is 1.82. The molecular formula is C15H11N3S2. The summed E-state index contributed by atoms with van der Waals surface area (Å²) in [6.45, 7) is 2.12. The van der Waals surface area contributed by atoms with Crippen LogP contribution in [0.15, 0.2) is 48.0 Å². The van der Waals surface area contributed by atoms with E-state index < -0.39 is 0 Å². The van der Waals surface area contributed by atoms with E-state index in [-0.39, 0.29) is 0 Å². The lowest BCUT2D eigenvalue weighted by molar-refractivity contribution is 1.11. The molecule has 20 heavy (non-hydrogen) atoms. The van der Waals surface area contributed by atoms with Gasteiger partial charge >= 0.3 is 0 Å². The quantitative estimate of drug-likeness (QED) is 0.544. The molecule has 0 fully saturated rings. The Labute approximate surface area is 124 Å². The van der Waals surface area contributed by atoms with E-state index in [1.807, 2.05) is 18.3 Å². The first kappa shape index (κ1) is 11.8. The molecule has 0 N–H and O–H groups in total. The number of imidazole rings is 1. The van der Waals surface area contributed by atoms with E-state index in [1.165, 1.54) is 4.88 Å².